The van der Waals surface area contributed by atoms with Gasteiger partial charge < -0.3 is 12.0 Å². The number of nitriles is 1. The van der Waals surface area contributed by atoms with Gasteiger partial charge in [0.25, 0.3) is 5.78 Å². The Morgan fingerprint density at radius 3 is 2.00 bits per heavy atom. The number of aliphatic carboxylic acids is 1. The van der Waals surface area contributed by atoms with Gasteiger partial charge in [-0.1, -0.05) is 0 Å². The van der Waals surface area contributed by atoms with Crippen molar-refractivity contribution in [2.75, 3.05) is 0 Å². The maximum Gasteiger partial charge on any atom is 1.00 e. The van der Waals surface area contributed by atoms with Crippen LogP contribution in [0.4, 0.5) is 0 Å². The molecule has 11 heavy (non-hydrogen) atoms. The summed E-state index contributed by atoms with van der Waals surface area (Å²) in [5.41, 5.74) is 0. The Bertz CT molecular complexity index is 162. The molecule has 0 atom stereocenters. The largest absolute Gasteiger partial charge is 1.00 e. The summed E-state index contributed by atoms with van der Waals surface area (Å²) in [5.74, 6) is -2.61. The molecule has 0 spiro atoms. The standard InChI is InChI=1S/C4H3NO3.C2H5.Na/c5-2-1-3(6)4(7)8;1-2;/h1H2,(H,7,8);1H2,2H3;/q;-1;+1. The normalized spacial score (nSPS) is 5.91. The van der Waals surface area contributed by atoms with Crippen LogP contribution < -0.4 is 29.6 Å². The molecule has 4 nitrogen and oxygen atoms in total. The molecule has 0 bridgehead atoms. The molecule has 56 valence electrons. The van der Waals surface area contributed by atoms with Gasteiger partial charge >= 0.3 is 35.5 Å². The van der Waals surface area contributed by atoms with Crippen molar-refractivity contribution in [3.63, 3.8) is 0 Å². The van der Waals surface area contributed by atoms with E-state index in [4.69, 9.17) is 10.4 Å². The maximum atomic E-state index is 9.92. The number of nitrogens with zero attached hydrogens (tertiary/aromatic N) is 1. The van der Waals surface area contributed by atoms with Gasteiger partial charge in [0.15, 0.2) is 0 Å². The Kier molecular flexibility index (Phi) is 19.0. The quantitative estimate of drug-likeness (QED) is 0.276. The average Bonchev–Trinajstić information content (AvgIpc) is 1.93. The first-order valence-corrected chi connectivity index (χ1v) is 2.52. The average molecular weight is 165 g/mol. The van der Waals surface area contributed by atoms with Crippen LogP contribution in [0.25, 0.3) is 0 Å². The molecule has 0 fully saturated rings. The summed E-state index contributed by atoms with van der Waals surface area (Å²) < 4.78 is 0. The van der Waals surface area contributed by atoms with E-state index in [1.165, 1.54) is 6.07 Å². The van der Waals surface area contributed by atoms with E-state index in [-0.39, 0.29) is 29.6 Å². The Labute approximate surface area is 87.5 Å². The third kappa shape index (κ3) is 12.8. The monoisotopic (exact) mass is 165 g/mol. The number of Topliss-reactive ketones (excluding diaryl/α,β-unsaturated/α-hetero) is 1. The molecule has 0 unspecified atom stereocenters. The molecule has 0 rings (SSSR count). The van der Waals surface area contributed by atoms with Crippen LogP contribution in [0.3, 0.4) is 0 Å². The minimum absolute atomic E-state index is 0. The van der Waals surface area contributed by atoms with Gasteiger partial charge in [0, 0.05) is 0 Å². The van der Waals surface area contributed by atoms with E-state index in [0.717, 1.165) is 0 Å². The van der Waals surface area contributed by atoms with Gasteiger partial charge in [0.2, 0.25) is 0 Å². The summed E-state index contributed by atoms with van der Waals surface area (Å²) in [6.45, 7) is 5.00. The third-order valence-electron chi connectivity index (χ3n) is 0.478. The molecule has 0 amide bonds. The molecule has 0 heterocycles. The minimum atomic E-state index is -1.55. The first-order chi connectivity index (χ1) is 4.68. The van der Waals surface area contributed by atoms with Gasteiger partial charge in [-0.3, -0.25) is 4.79 Å². The fourth-order valence-corrected chi connectivity index (χ4v) is 0.147. The summed E-state index contributed by atoms with van der Waals surface area (Å²) in [6.07, 6.45) is -0.546. The van der Waals surface area contributed by atoms with E-state index in [1.54, 1.807) is 6.92 Å². The number of hydrogen-bond donors (Lipinski definition) is 1. The number of rotatable bonds is 2. The van der Waals surface area contributed by atoms with Crippen molar-refractivity contribution in [1.29, 1.82) is 5.26 Å². The molecule has 0 saturated heterocycles. The van der Waals surface area contributed by atoms with Crippen LogP contribution in [-0.2, 0) is 9.59 Å². The Balaban J connectivity index is -0.000000196. The van der Waals surface area contributed by atoms with Crippen molar-refractivity contribution in [2.45, 2.75) is 13.3 Å². The van der Waals surface area contributed by atoms with E-state index in [0.29, 0.717) is 0 Å². The van der Waals surface area contributed by atoms with E-state index in [1.807, 2.05) is 0 Å². The summed E-state index contributed by atoms with van der Waals surface area (Å²) in [4.78, 5) is 19.5. The van der Waals surface area contributed by atoms with Crippen LogP contribution in [0.15, 0.2) is 0 Å². The van der Waals surface area contributed by atoms with Crippen LogP contribution in [0.1, 0.15) is 13.3 Å². The van der Waals surface area contributed by atoms with Crippen molar-refractivity contribution in [2.24, 2.45) is 0 Å². The van der Waals surface area contributed by atoms with E-state index < -0.39 is 18.2 Å². The zero-order chi connectivity index (χ0) is 8.57. The van der Waals surface area contributed by atoms with Gasteiger partial charge in [0.05, 0.1) is 6.07 Å². The van der Waals surface area contributed by atoms with Gasteiger partial charge in [-0.2, -0.15) is 12.2 Å². The summed E-state index contributed by atoms with van der Waals surface area (Å²) >= 11 is 0. The zero-order valence-corrected chi connectivity index (χ0v) is 8.63. The Morgan fingerprint density at radius 1 is 1.55 bits per heavy atom. The second-order valence-electron chi connectivity index (χ2n) is 1.06. The SMILES string of the molecule is N#CCC(=O)C(=O)O.[CH2-]C.[Na+]. The smallest absolute Gasteiger partial charge is 0.475 e. The Morgan fingerprint density at radius 2 is 1.91 bits per heavy atom. The predicted octanol–water partition coefficient (Wildman–Crippen LogP) is -2.60. The van der Waals surface area contributed by atoms with Crippen LogP contribution in [0, 0.1) is 18.3 Å². The molecule has 0 saturated carbocycles. The minimum Gasteiger partial charge on any atom is -0.475 e. The number of ketones is 1. The first kappa shape index (κ1) is 16.9. The van der Waals surface area contributed by atoms with Crippen molar-refractivity contribution < 1.29 is 44.3 Å². The second kappa shape index (κ2) is 12.3. The molecule has 0 radical (unpaired) electrons. The summed E-state index contributed by atoms with van der Waals surface area (Å²) in [6, 6.07) is 1.42. The maximum absolute atomic E-state index is 9.92. The van der Waals surface area contributed by atoms with Gasteiger partial charge in [-0.05, 0) is 0 Å². The van der Waals surface area contributed by atoms with Crippen molar-refractivity contribution >= 4 is 11.8 Å². The summed E-state index contributed by atoms with van der Waals surface area (Å²) in [7, 11) is 0. The number of hydrogen-bond acceptors (Lipinski definition) is 3. The van der Waals surface area contributed by atoms with Gasteiger partial charge in [0.1, 0.15) is 6.42 Å². The molecular weight excluding hydrogens is 157 g/mol. The first-order valence-electron chi connectivity index (χ1n) is 2.52. The van der Waals surface area contributed by atoms with Crippen molar-refractivity contribution in [1.82, 2.24) is 0 Å². The molecule has 0 aliphatic heterocycles. The fourth-order valence-electron chi connectivity index (χ4n) is 0.147. The van der Waals surface area contributed by atoms with E-state index >= 15 is 0 Å². The zero-order valence-electron chi connectivity index (χ0n) is 6.63. The van der Waals surface area contributed by atoms with Crippen LogP contribution >= 0.6 is 0 Å². The van der Waals surface area contributed by atoms with Crippen molar-refractivity contribution in [3.8, 4) is 6.07 Å². The molecule has 0 aromatic rings. The molecule has 0 aromatic heterocycles. The van der Waals surface area contributed by atoms with Crippen molar-refractivity contribution in [3.05, 3.63) is 6.92 Å². The molecule has 0 aliphatic rings. The summed E-state index contributed by atoms with van der Waals surface area (Å²) in [5, 5.41) is 15.6. The van der Waals surface area contributed by atoms with E-state index in [2.05, 4.69) is 6.92 Å². The van der Waals surface area contributed by atoms with Crippen LogP contribution in [0.5, 0.6) is 0 Å². The molecule has 5 heteroatoms. The van der Waals surface area contributed by atoms with Crippen LogP contribution in [0.2, 0.25) is 0 Å². The van der Waals surface area contributed by atoms with E-state index in [9.17, 15) is 9.59 Å². The third-order valence-corrected chi connectivity index (χ3v) is 0.478. The Hall–Kier alpha value is -0.370. The molecule has 0 aliphatic carbocycles. The number of carbonyl (C=O) groups is 2. The molecular formula is C6H8NNaO3. The second-order valence-corrected chi connectivity index (χ2v) is 1.06. The number of carboxylic acid groups (broad SMARTS) is 1. The van der Waals surface area contributed by atoms with Gasteiger partial charge in [-0.15, -0.1) is 0 Å². The number of carbonyl (C=O) groups excluding carboxylic acids is 1. The molecule has 1 N–H and O–H groups in total. The molecule has 0 aromatic carbocycles. The van der Waals surface area contributed by atoms with Crippen LogP contribution in [-0.4, -0.2) is 16.9 Å². The fraction of sp³-hybridized carbons (Fsp3) is 0.333. The van der Waals surface area contributed by atoms with Gasteiger partial charge in [-0.25, -0.2) is 4.79 Å². The number of carboxylic acids is 1. The predicted molar refractivity (Wildman–Crippen MR) is 33.9 cm³/mol. The topological polar surface area (TPSA) is 78.2 Å².